The van der Waals surface area contributed by atoms with E-state index in [1.54, 1.807) is 42.5 Å². The number of aliphatic hydroxyl groups excluding tert-OH is 2. The Bertz CT molecular complexity index is 1510. The second-order valence-electron chi connectivity index (χ2n) is 10.8. The SMILES string of the molecule is O=C(/C=C/c1ccc(F)cc1)N[C@@H](CO)C(=O)N[C@@H](Cc1ccccc1)C(=O)N[C@@H](CO)C(=O)Nc1ccc(N2CCOCC2)cc1. The van der Waals surface area contributed by atoms with E-state index in [-0.39, 0.29) is 6.42 Å². The summed E-state index contributed by atoms with van der Waals surface area (Å²) in [5.41, 5.74) is 2.66. The van der Waals surface area contributed by atoms with Gasteiger partial charge in [-0.3, -0.25) is 19.2 Å². The molecule has 4 rings (SSSR count). The molecular formula is C34H38FN5O7. The third-order valence-corrected chi connectivity index (χ3v) is 7.35. The molecule has 1 saturated heterocycles. The number of ether oxygens (including phenoxy) is 1. The summed E-state index contributed by atoms with van der Waals surface area (Å²) in [6.45, 7) is 1.29. The van der Waals surface area contributed by atoms with Gasteiger partial charge >= 0.3 is 0 Å². The van der Waals surface area contributed by atoms with Crippen LogP contribution >= 0.6 is 0 Å². The molecular weight excluding hydrogens is 609 g/mol. The van der Waals surface area contributed by atoms with Crippen molar-refractivity contribution in [2.75, 3.05) is 49.7 Å². The topological polar surface area (TPSA) is 169 Å². The summed E-state index contributed by atoms with van der Waals surface area (Å²) in [4.78, 5) is 54.2. The number of benzene rings is 3. The summed E-state index contributed by atoms with van der Waals surface area (Å²) in [7, 11) is 0. The van der Waals surface area contributed by atoms with E-state index in [1.807, 2.05) is 12.1 Å². The average Bonchev–Trinajstić information content (AvgIpc) is 3.10. The Morgan fingerprint density at radius 1 is 0.766 bits per heavy atom. The van der Waals surface area contributed by atoms with Gasteiger partial charge in [-0.1, -0.05) is 42.5 Å². The van der Waals surface area contributed by atoms with Crippen molar-refractivity contribution in [3.05, 3.63) is 102 Å². The minimum Gasteiger partial charge on any atom is -0.394 e. The number of anilines is 2. The van der Waals surface area contributed by atoms with Crippen LogP contribution in [0.1, 0.15) is 11.1 Å². The summed E-state index contributed by atoms with van der Waals surface area (Å²) in [5.74, 6) is -3.42. The van der Waals surface area contributed by atoms with Crippen LogP contribution in [-0.2, 0) is 30.3 Å². The molecule has 4 amide bonds. The Morgan fingerprint density at radius 2 is 1.36 bits per heavy atom. The van der Waals surface area contributed by atoms with E-state index < -0.39 is 60.8 Å². The van der Waals surface area contributed by atoms with E-state index in [0.29, 0.717) is 30.0 Å². The lowest BCUT2D eigenvalue weighted by molar-refractivity contribution is -0.133. The number of carbonyl (C=O) groups is 4. The minimum absolute atomic E-state index is 0.0117. The van der Waals surface area contributed by atoms with E-state index in [9.17, 15) is 33.8 Å². The van der Waals surface area contributed by atoms with E-state index in [1.165, 1.54) is 30.3 Å². The van der Waals surface area contributed by atoms with Gasteiger partial charge in [0, 0.05) is 37.0 Å². The predicted molar refractivity (Wildman–Crippen MR) is 174 cm³/mol. The zero-order chi connectivity index (χ0) is 33.6. The Kier molecular flexibility index (Phi) is 13.0. The third-order valence-electron chi connectivity index (χ3n) is 7.35. The van der Waals surface area contributed by atoms with Crippen molar-refractivity contribution in [1.82, 2.24) is 16.0 Å². The molecule has 0 unspecified atom stereocenters. The minimum atomic E-state index is -1.41. The highest BCUT2D eigenvalue weighted by Gasteiger charge is 2.29. The highest BCUT2D eigenvalue weighted by Crippen LogP contribution is 2.19. The number of rotatable bonds is 14. The molecule has 0 saturated carbocycles. The van der Waals surface area contributed by atoms with Gasteiger partial charge in [0.25, 0.3) is 0 Å². The van der Waals surface area contributed by atoms with E-state index in [4.69, 9.17) is 4.74 Å². The van der Waals surface area contributed by atoms with Crippen LogP contribution in [0.25, 0.3) is 6.08 Å². The lowest BCUT2D eigenvalue weighted by Crippen LogP contribution is -2.58. The van der Waals surface area contributed by atoms with Crippen molar-refractivity contribution in [3.63, 3.8) is 0 Å². The van der Waals surface area contributed by atoms with Crippen LogP contribution in [-0.4, -0.2) is 91.5 Å². The summed E-state index contributed by atoms with van der Waals surface area (Å²) < 4.78 is 18.5. The number of hydrogen-bond donors (Lipinski definition) is 6. The normalized spacial score (nSPS) is 14.9. The van der Waals surface area contributed by atoms with Gasteiger partial charge in [0.15, 0.2) is 0 Å². The maximum Gasteiger partial charge on any atom is 0.249 e. The molecule has 47 heavy (non-hydrogen) atoms. The molecule has 1 aliphatic rings. The van der Waals surface area contributed by atoms with Crippen LogP contribution in [0.2, 0.25) is 0 Å². The first kappa shape index (κ1) is 34.8. The van der Waals surface area contributed by atoms with Crippen LogP contribution in [0.15, 0.2) is 84.9 Å². The molecule has 3 aromatic rings. The summed E-state index contributed by atoms with van der Waals surface area (Å²) in [5, 5.41) is 29.9. The molecule has 0 radical (unpaired) electrons. The molecule has 12 nitrogen and oxygen atoms in total. The lowest BCUT2D eigenvalue weighted by atomic mass is 10.0. The molecule has 0 aliphatic carbocycles. The number of nitrogens with one attached hydrogen (secondary N) is 4. The summed E-state index contributed by atoms with van der Waals surface area (Å²) in [6.07, 6.45) is 2.54. The van der Waals surface area contributed by atoms with Crippen molar-refractivity contribution in [2.24, 2.45) is 0 Å². The quantitative estimate of drug-likeness (QED) is 0.141. The van der Waals surface area contributed by atoms with Crippen molar-refractivity contribution in [2.45, 2.75) is 24.5 Å². The zero-order valence-corrected chi connectivity index (χ0v) is 25.6. The van der Waals surface area contributed by atoms with Crippen molar-refractivity contribution < 1.29 is 38.5 Å². The van der Waals surface area contributed by atoms with E-state index in [0.717, 1.165) is 24.9 Å². The number of nitrogens with zero attached hydrogens (tertiary/aromatic N) is 1. The number of aliphatic hydroxyl groups is 2. The highest BCUT2D eigenvalue weighted by atomic mass is 19.1. The maximum absolute atomic E-state index is 13.4. The maximum atomic E-state index is 13.4. The van der Waals surface area contributed by atoms with Gasteiger partial charge in [-0.25, -0.2) is 4.39 Å². The van der Waals surface area contributed by atoms with Gasteiger partial charge in [-0.15, -0.1) is 0 Å². The van der Waals surface area contributed by atoms with E-state index in [2.05, 4.69) is 26.2 Å². The number of halogens is 1. The van der Waals surface area contributed by atoms with Gasteiger partial charge in [-0.2, -0.15) is 0 Å². The Morgan fingerprint density at radius 3 is 2.00 bits per heavy atom. The van der Waals surface area contributed by atoms with Crippen LogP contribution in [0.5, 0.6) is 0 Å². The third kappa shape index (κ3) is 10.7. The first-order valence-electron chi connectivity index (χ1n) is 15.1. The second kappa shape index (κ2) is 17.5. The summed E-state index contributed by atoms with van der Waals surface area (Å²) >= 11 is 0. The number of morpholine rings is 1. The molecule has 248 valence electrons. The molecule has 3 aromatic carbocycles. The van der Waals surface area contributed by atoms with Gasteiger partial charge in [0.2, 0.25) is 23.6 Å². The highest BCUT2D eigenvalue weighted by molar-refractivity contribution is 5.99. The van der Waals surface area contributed by atoms with Gasteiger partial charge < -0.3 is 41.1 Å². The first-order valence-corrected chi connectivity index (χ1v) is 15.1. The molecule has 6 N–H and O–H groups in total. The molecule has 1 heterocycles. The van der Waals surface area contributed by atoms with Crippen LogP contribution < -0.4 is 26.2 Å². The van der Waals surface area contributed by atoms with Crippen molar-refractivity contribution in [3.8, 4) is 0 Å². The fraction of sp³-hybridized carbons (Fsp3) is 0.294. The van der Waals surface area contributed by atoms with Gasteiger partial charge in [0.1, 0.15) is 23.9 Å². The largest absolute Gasteiger partial charge is 0.394 e. The van der Waals surface area contributed by atoms with Gasteiger partial charge in [0.05, 0.1) is 26.4 Å². The van der Waals surface area contributed by atoms with Crippen LogP contribution in [0.3, 0.4) is 0 Å². The molecule has 0 bridgehead atoms. The molecule has 0 spiro atoms. The molecule has 1 fully saturated rings. The fourth-order valence-corrected chi connectivity index (χ4v) is 4.76. The Labute approximate surface area is 271 Å². The second-order valence-corrected chi connectivity index (χ2v) is 10.8. The van der Waals surface area contributed by atoms with Crippen molar-refractivity contribution in [1.29, 1.82) is 0 Å². The average molecular weight is 648 g/mol. The fourth-order valence-electron chi connectivity index (χ4n) is 4.76. The lowest BCUT2D eigenvalue weighted by Gasteiger charge is -2.29. The smallest absolute Gasteiger partial charge is 0.249 e. The molecule has 1 aliphatic heterocycles. The number of hydrogen-bond acceptors (Lipinski definition) is 8. The first-order chi connectivity index (χ1) is 22.7. The van der Waals surface area contributed by atoms with Crippen LogP contribution in [0.4, 0.5) is 15.8 Å². The standard InChI is InChI=1S/C34H38FN5O7/c35-25-9-6-23(7-10-25)8-15-31(43)37-29(21-41)34(46)38-28(20-24-4-2-1-3-5-24)32(44)39-30(22-42)33(45)36-26-11-13-27(14-12-26)40-16-18-47-19-17-40/h1-15,28-30,41-42H,16-22H2,(H,36,45)(H,37,43)(H,38,46)(H,39,44)/b15-8+/t28-,29-,30-/m0/s1. The van der Waals surface area contributed by atoms with Gasteiger partial charge in [-0.05, 0) is 53.6 Å². The predicted octanol–water partition coefficient (Wildman–Crippen LogP) is 0.996. The van der Waals surface area contributed by atoms with Crippen molar-refractivity contribution >= 4 is 41.1 Å². The Hall–Kier alpha value is -5.11. The molecule has 3 atom stereocenters. The Balaban J connectivity index is 1.39. The molecule has 13 heteroatoms. The zero-order valence-electron chi connectivity index (χ0n) is 25.6. The number of amides is 4. The summed E-state index contributed by atoms with van der Waals surface area (Å²) in [6, 6.07) is 17.3. The monoisotopic (exact) mass is 647 g/mol. The van der Waals surface area contributed by atoms with E-state index >= 15 is 0 Å². The molecule has 0 aromatic heterocycles. The van der Waals surface area contributed by atoms with Crippen LogP contribution in [0, 0.1) is 5.82 Å². The number of carbonyl (C=O) groups excluding carboxylic acids is 4.